The highest BCUT2D eigenvalue weighted by Crippen LogP contribution is 2.21. The van der Waals surface area contributed by atoms with Gasteiger partial charge < -0.3 is 10.2 Å². The number of carbonyl (C=O) groups excluding carboxylic acids is 1. The lowest BCUT2D eigenvalue weighted by Gasteiger charge is -2.26. The molecule has 1 saturated heterocycles. The van der Waals surface area contributed by atoms with E-state index < -0.39 is 0 Å². The van der Waals surface area contributed by atoms with Crippen LogP contribution in [0.4, 0.5) is 5.13 Å². The zero-order valence-electron chi connectivity index (χ0n) is 14.8. The first-order chi connectivity index (χ1) is 11.7. The van der Waals surface area contributed by atoms with E-state index in [9.17, 15) is 4.79 Å². The Morgan fingerprint density at radius 3 is 2.37 bits per heavy atom. The molecule has 0 unspecified atom stereocenters. The second-order valence-corrected chi connectivity index (χ2v) is 6.76. The third-order valence-electron chi connectivity index (χ3n) is 4.15. The molecule has 1 aliphatic heterocycles. The number of rotatable bonds is 6. The fourth-order valence-corrected chi connectivity index (χ4v) is 3.66. The molecule has 1 fully saturated rings. The highest BCUT2D eigenvalue weighted by Gasteiger charge is 2.13. The summed E-state index contributed by atoms with van der Waals surface area (Å²) >= 11 is 1.73. The van der Waals surface area contributed by atoms with Crippen molar-refractivity contribution in [2.45, 2.75) is 19.3 Å². The van der Waals surface area contributed by atoms with E-state index in [-0.39, 0.29) is 43.1 Å². The van der Waals surface area contributed by atoms with Gasteiger partial charge in [-0.2, -0.15) is 0 Å². The van der Waals surface area contributed by atoms with E-state index in [1.165, 1.54) is 5.56 Å². The van der Waals surface area contributed by atoms with Gasteiger partial charge in [0.2, 0.25) is 5.91 Å². The summed E-state index contributed by atoms with van der Waals surface area (Å²) in [6.45, 7) is 4.13. The molecule has 2 aromatic rings. The average molecular weight is 455 g/mol. The van der Waals surface area contributed by atoms with Crippen molar-refractivity contribution in [1.29, 1.82) is 0 Å². The zero-order valence-corrected chi connectivity index (χ0v) is 18.1. The number of aromatic nitrogens is 1. The SMILES string of the molecule is Cl.Cl.Cl.NNC(=O)Cc1ccc(CCc2csc(N3CCNCC3)n2)cc1. The zero-order chi connectivity index (χ0) is 16.8. The largest absolute Gasteiger partial charge is 0.346 e. The number of benzene rings is 1. The molecule has 1 aromatic heterocycles. The lowest BCUT2D eigenvalue weighted by Crippen LogP contribution is -2.43. The first kappa shape index (κ1) is 25.9. The van der Waals surface area contributed by atoms with Crippen molar-refractivity contribution in [2.24, 2.45) is 5.84 Å². The molecule has 6 nitrogen and oxygen atoms in total. The van der Waals surface area contributed by atoms with Gasteiger partial charge in [-0.05, 0) is 24.0 Å². The molecular formula is C17H26Cl3N5OS. The van der Waals surface area contributed by atoms with Crippen LogP contribution in [0.5, 0.6) is 0 Å². The summed E-state index contributed by atoms with van der Waals surface area (Å²) in [4.78, 5) is 18.4. The van der Waals surface area contributed by atoms with Crippen molar-refractivity contribution >= 4 is 59.6 Å². The Morgan fingerprint density at radius 2 is 1.74 bits per heavy atom. The molecule has 27 heavy (non-hydrogen) atoms. The lowest BCUT2D eigenvalue weighted by atomic mass is 10.0. The van der Waals surface area contributed by atoms with Crippen LogP contribution in [0.3, 0.4) is 0 Å². The Balaban J connectivity index is 0.00000225. The molecule has 0 radical (unpaired) electrons. The summed E-state index contributed by atoms with van der Waals surface area (Å²) in [5, 5.41) is 6.66. The number of thiazole rings is 1. The van der Waals surface area contributed by atoms with Gasteiger partial charge in [-0.25, -0.2) is 10.8 Å². The van der Waals surface area contributed by atoms with Crippen LogP contribution >= 0.6 is 48.6 Å². The summed E-state index contributed by atoms with van der Waals surface area (Å²) < 4.78 is 0. The van der Waals surface area contributed by atoms with Gasteiger partial charge in [0.15, 0.2) is 5.13 Å². The number of nitrogens with zero attached hydrogens (tertiary/aromatic N) is 2. The van der Waals surface area contributed by atoms with Crippen molar-refractivity contribution in [3.05, 3.63) is 46.5 Å². The Labute approximate surface area is 182 Å². The molecule has 0 bridgehead atoms. The normalized spacial score (nSPS) is 13.0. The van der Waals surface area contributed by atoms with Gasteiger partial charge in [0, 0.05) is 31.6 Å². The predicted molar refractivity (Wildman–Crippen MR) is 119 cm³/mol. The first-order valence-electron chi connectivity index (χ1n) is 8.22. The van der Waals surface area contributed by atoms with E-state index in [1.807, 2.05) is 12.1 Å². The van der Waals surface area contributed by atoms with Gasteiger partial charge in [0.25, 0.3) is 0 Å². The number of hydrogen-bond acceptors (Lipinski definition) is 6. The van der Waals surface area contributed by atoms with E-state index in [0.717, 1.165) is 55.4 Å². The molecule has 1 aliphatic rings. The standard InChI is InChI=1S/C17H23N5OS.3ClH/c18-21-16(23)11-14-3-1-13(2-4-14)5-6-15-12-24-17(20-15)22-9-7-19-8-10-22;;;/h1-4,12,19H,5-11,18H2,(H,21,23);3*1H. The van der Waals surface area contributed by atoms with E-state index in [1.54, 1.807) is 11.3 Å². The van der Waals surface area contributed by atoms with Crippen molar-refractivity contribution in [3.63, 3.8) is 0 Å². The molecule has 3 rings (SSSR count). The van der Waals surface area contributed by atoms with E-state index in [4.69, 9.17) is 10.8 Å². The van der Waals surface area contributed by atoms with E-state index in [2.05, 4.69) is 33.2 Å². The molecule has 0 spiro atoms. The topological polar surface area (TPSA) is 83.3 Å². The van der Waals surface area contributed by atoms with Gasteiger partial charge in [0.1, 0.15) is 0 Å². The molecule has 1 amide bonds. The quantitative estimate of drug-likeness (QED) is 0.354. The average Bonchev–Trinajstić information content (AvgIpc) is 3.11. The van der Waals surface area contributed by atoms with Gasteiger partial charge in [-0.3, -0.25) is 10.2 Å². The fourth-order valence-electron chi connectivity index (χ4n) is 2.75. The molecule has 1 aromatic carbocycles. The minimum Gasteiger partial charge on any atom is -0.346 e. The Bertz CT molecular complexity index is 677. The smallest absolute Gasteiger partial charge is 0.238 e. The van der Waals surface area contributed by atoms with Gasteiger partial charge in [0.05, 0.1) is 12.1 Å². The Morgan fingerprint density at radius 1 is 1.11 bits per heavy atom. The van der Waals surface area contributed by atoms with Crippen LogP contribution in [0, 0.1) is 0 Å². The number of piperazine rings is 1. The minimum atomic E-state index is -0.175. The van der Waals surface area contributed by atoms with E-state index >= 15 is 0 Å². The Kier molecular flexibility index (Phi) is 12.6. The number of nitrogens with two attached hydrogens (primary N) is 1. The van der Waals surface area contributed by atoms with Gasteiger partial charge in [-0.15, -0.1) is 48.6 Å². The number of carbonyl (C=O) groups is 1. The van der Waals surface area contributed by atoms with Crippen molar-refractivity contribution in [3.8, 4) is 0 Å². The fraction of sp³-hybridized carbons (Fsp3) is 0.412. The number of hydrogen-bond donors (Lipinski definition) is 3. The summed E-state index contributed by atoms with van der Waals surface area (Å²) in [6, 6.07) is 8.11. The van der Waals surface area contributed by atoms with Crippen molar-refractivity contribution in [2.75, 3.05) is 31.1 Å². The second kappa shape index (κ2) is 13.1. The number of anilines is 1. The molecule has 152 valence electrons. The maximum atomic E-state index is 11.3. The monoisotopic (exact) mass is 453 g/mol. The van der Waals surface area contributed by atoms with Crippen LogP contribution in [0.2, 0.25) is 0 Å². The third-order valence-corrected chi connectivity index (χ3v) is 5.10. The molecule has 0 saturated carbocycles. The number of halogens is 3. The van der Waals surface area contributed by atoms with Gasteiger partial charge >= 0.3 is 0 Å². The third kappa shape index (κ3) is 7.81. The molecular weight excluding hydrogens is 429 g/mol. The highest BCUT2D eigenvalue weighted by molar-refractivity contribution is 7.13. The number of aryl methyl sites for hydroxylation is 2. The van der Waals surface area contributed by atoms with Crippen LogP contribution in [0.15, 0.2) is 29.6 Å². The van der Waals surface area contributed by atoms with Crippen molar-refractivity contribution < 1.29 is 4.79 Å². The summed E-state index contributed by atoms with van der Waals surface area (Å²) in [5.74, 6) is 4.93. The molecule has 10 heteroatoms. The maximum Gasteiger partial charge on any atom is 0.238 e. The second-order valence-electron chi connectivity index (χ2n) is 5.92. The number of amides is 1. The maximum absolute atomic E-state index is 11.3. The lowest BCUT2D eigenvalue weighted by molar-refractivity contribution is -0.120. The van der Waals surface area contributed by atoms with Crippen LogP contribution in [0.25, 0.3) is 0 Å². The number of nitrogens with one attached hydrogen (secondary N) is 2. The molecule has 4 N–H and O–H groups in total. The van der Waals surface area contributed by atoms with Crippen molar-refractivity contribution in [1.82, 2.24) is 15.7 Å². The predicted octanol–water partition coefficient (Wildman–Crippen LogP) is 2.14. The highest BCUT2D eigenvalue weighted by atomic mass is 35.5. The summed E-state index contributed by atoms with van der Waals surface area (Å²) in [7, 11) is 0. The summed E-state index contributed by atoms with van der Waals surface area (Å²) in [5.41, 5.74) is 5.53. The minimum absolute atomic E-state index is 0. The van der Waals surface area contributed by atoms with Crippen LogP contribution < -0.4 is 21.5 Å². The first-order valence-corrected chi connectivity index (χ1v) is 9.10. The van der Waals surface area contributed by atoms with Crippen LogP contribution in [0.1, 0.15) is 16.8 Å². The summed E-state index contributed by atoms with van der Waals surface area (Å²) in [6.07, 6.45) is 2.20. The van der Waals surface area contributed by atoms with E-state index in [0.29, 0.717) is 6.42 Å². The molecule has 0 atom stereocenters. The molecule has 0 aliphatic carbocycles. The van der Waals surface area contributed by atoms with Gasteiger partial charge in [-0.1, -0.05) is 24.3 Å². The Hall–Kier alpha value is -1.09. The molecule has 2 heterocycles. The van der Waals surface area contributed by atoms with Crippen LogP contribution in [-0.2, 0) is 24.1 Å². The number of hydrazine groups is 1. The van der Waals surface area contributed by atoms with Crippen LogP contribution in [-0.4, -0.2) is 37.1 Å².